The van der Waals surface area contributed by atoms with Gasteiger partial charge in [-0.2, -0.15) is 0 Å². The van der Waals surface area contributed by atoms with Gasteiger partial charge >= 0.3 is 0 Å². The largest absolute Gasteiger partial charge is 0.494 e. The molecule has 1 saturated carbocycles. The summed E-state index contributed by atoms with van der Waals surface area (Å²) >= 11 is 0. The molecule has 4 aliphatic heterocycles. The Morgan fingerprint density at radius 1 is 1.00 bits per heavy atom. The first-order valence-electron chi connectivity index (χ1n) is 16.2. The Kier molecular flexibility index (Phi) is 8.39. The number of fused-ring (bicyclic) bond motifs is 2. The van der Waals surface area contributed by atoms with E-state index in [0.717, 1.165) is 37.9 Å². The maximum Gasteiger partial charge on any atom is 0.249 e. The molecule has 1 aromatic rings. The molecule has 0 aromatic heterocycles. The second-order valence-electron chi connectivity index (χ2n) is 12.7. The number of ether oxygens (including phenoxy) is 2. The van der Waals surface area contributed by atoms with Crippen molar-refractivity contribution in [3.8, 4) is 5.75 Å². The summed E-state index contributed by atoms with van der Waals surface area (Å²) in [6.45, 7) is 7.03. The summed E-state index contributed by atoms with van der Waals surface area (Å²) in [6, 6.07) is 6.00. The minimum Gasteiger partial charge on any atom is -0.494 e. The summed E-state index contributed by atoms with van der Waals surface area (Å²) in [5.41, 5.74) is -0.585. The average Bonchev–Trinajstić information content (AvgIpc) is 3.34. The van der Waals surface area contributed by atoms with Crippen LogP contribution in [-0.4, -0.2) is 88.8 Å². The van der Waals surface area contributed by atoms with Crippen LogP contribution in [0.5, 0.6) is 5.75 Å². The van der Waals surface area contributed by atoms with Crippen molar-refractivity contribution in [1.29, 1.82) is 0 Å². The number of hydrogen-bond acceptors (Lipinski definition) is 6. The highest BCUT2D eigenvalue weighted by Crippen LogP contribution is 2.54. The van der Waals surface area contributed by atoms with Gasteiger partial charge in [0.1, 0.15) is 17.4 Å². The van der Waals surface area contributed by atoms with Gasteiger partial charge in [0.15, 0.2) is 0 Å². The van der Waals surface area contributed by atoms with Crippen LogP contribution in [0.3, 0.4) is 0 Å². The lowest BCUT2D eigenvalue weighted by molar-refractivity contribution is -0.153. The van der Waals surface area contributed by atoms with E-state index in [2.05, 4.69) is 0 Å². The predicted octanol–water partition coefficient (Wildman–Crippen LogP) is 3.71. The Morgan fingerprint density at radius 2 is 1.74 bits per heavy atom. The number of rotatable bonds is 8. The monoisotopic (exact) mass is 591 g/mol. The van der Waals surface area contributed by atoms with E-state index in [4.69, 9.17) is 9.47 Å². The normalized spacial score (nSPS) is 32.3. The van der Waals surface area contributed by atoms with Crippen molar-refractivity contribution in [2.45, 2.75) is 89.1 Å². The van der Waals surface area contributed by atoms with Crippen LogP contribution < -0.4 is 9.64 Å². The summed E-state index contributed by atoms with van der Waals surface area (Å²) < 4.78 is 12.4. The van der Waals surface area contributed by atoms with Crippen molar-refractivity contribution < 1.29 is 29.0 Å². The number of aliphatic hydroxyl groups excluding tert-OH is 1. The number of carbonyl (C=O) groups excluding carboxylic acids is 3. The van der Waals surface area contributed by atoms with Crippen LogP contribution in [0.1, 0.15) is 59.3 Å². The summed E-state index contributed by atoms with van der Waals surface area (Å²) in [5.74, 6) is -1.63. The number of hydrogen-bond donors (Lipinski definition) is 1. The lowest BCUT2D eigenvalue weighted by Crippen LogP contribution is -2.60. The first-order valence-corrected chi connectivity index (χ1v) is 16.2. The van der Waals surface area contributed by atoms with Crippen LogP contribution >= 0.6 is 0 Å². The summed E-state index contributed by atoms with van der Waals surface area (Å²) in [6.07, 6.45) is 13.0. The van der Waals surface area contributed by atoms with Gasteiger partial charge in [-0.1, -0.05) is 63.8 Å². The second-order valence-corrected chi connectivity index (χ2v) is 12.7. The molecule has 9 nitrogen and oxygen atoms in total. The second kappa shape index (κ2) is 12.1. The third-order valence-corrected chi connectivity index (χ3v) is 10.4. The Morgan fingerprint density at radius 3 is 2.42 bits per heavy atom. The number of likely N-dealkylation sites (tertiary alicyclic amines) is 1. The highest BCUT2D eigenvalue weighted by atomic mass is 16.5. The van der Waals surface area contributed by atoms with Crippen molar-refractivity contribution in [2.24, 2.45) is 17.8 Å². The van der Waals surface area contributed by atoms with Gasteiger partial charge < -0.3 is 29.3 Å². The number of aliphatic hydroxyl groups is 1. The van der Waals surface area contributed by atoms with E-state index in [-0.39, 0.29) is 36.3 Å². The molecular weight excluding hydrogens is 546 g/mol. The highest BCUT2D eigenvalue weighted by molar-refractivity contribution is 6.04. The molecule has 1 unspecified atom stereocenters. The van der Waals surface area contributed by atoms with Gasteiger partial charge in [0.25, 0.3) is 0 Å². The summed E-state index contributed by atoms with van der Waals surface area (Å²) in [4.78, 5) is 49.1. The minimum absolute atomic E-state index is 0.0473. The molecule has 0 radical (unpaired) electrons. The topological polar surface area (TPSA) is 99.6 Å². The van der Waals surface area contributed by atoms with Gasteiger partial charge in [0.2, 0.25) is 17.7 Å². The fourth-order valence-corrected chi connectivity index (χ4v) is 8.11. The van der Waals surface area contributed by atoms with Crippen LogP contribution in [0.2, 0.25) is 0 Å². The van der Waals surface area contributed by atoms with E-state index >= 15 is 0 Å². The SMILES string of the molecule is CCOc1ccc(N2CC=C[C@H]3O[C@]45C=CCN(C6CCCCC6)C(=O)C4N([C@@H](CO)[C@@H](C)CC)C(=O)[C@@H]5[C@H]3C2=O)cc1. The Labute approximate surface area is 254 Å². The first kappa shape index (κ1) is 29.9. The van der Waals surface area contributed by atoms with E-state index in [1.807, 2.05) is 74.2 Å². The van der Waals surface area contributed by atoms with E-state index in [9.17, 15) is 19.5 Å². The molecule has 1 spiro atoms. The molecule has 43 heavy (non-hydrogen) atoms. The van der Waals surface area contributed by atoms with E-state index < -0.39 is 35.6 Å². The van der Waals surface area contributed by atoms with Crippen molar-refractivity contribution in [1.82, 2.24) is 9.80 Å². The molecule has 1 aromatic carbocycles. The molecule has 232 valence electrons. The number of benzene rings is 1. The summed E-state index contributed by atoms with van der Waals surface area (Å²) in [5, 5.41) is 10.6. The van der Waals surface area contributed by atoms with Crippen LogP contribution in [0.25, 0.3) is 0 Å². The number of nitrogens with zero attached hydrogens (tertiary/aromatic N) is 3. The molecule has 9 heteroatoms. The van der Waals surface area contributed by atoms with Crippen LogP contribution in [0.4, 0.5) is 5.69 Å². The smallest absolute Gasteiger partial charge is 0.249 e. The van der Waals surface area contributed by atoms with Crippen molar-refractivity contribution in [3.63, 3.8) is 0 Å². The number of carbonyl (C=O) groups is 3. The maximum absolute atomic E-state index is 14.7. The molecule has 7 atom stereocenters. The molecule has 1 N–H and O–H groups in total. The third kappa shape index (κ3) is 4.89. The Balaban J connectivity index is 1.41. The molecule has 3 amide bonds. The Hall–Kier alpha value is -3.17. The Bertz CT molecular complexity index is 1270. The molecule has 6 rings (SSSR count). The van der Waals surface area contributed by atoms with Gasteiger partial charge in [-0.15, -0.1) is 0 Å². The van der Waals surface area contributed by atoms with E-state index in [1.165, 1.54) is 6.42 Å². The molecule has 5 aliphatic rings. The average molecular weight is 592 g/mol. The first-order chi connectivity index (χ1) is 20.9. The lowest BCUT2D eigenvalue weighted by Gasteiger charge is -2.42. The zero-order valence-corrected chi connectivity index (χ0v) is 25.6. The highest BCUT2D eigenvalue weighted by Gasteiger charge is 2.73. The van der Waals surface area contributed by atoms with Crippen LogP contribution in [0, 0.1) is 17.8 Å². The molecule has 2 saturated heterocycles. The quantitative estimate of drug-likeness (QED) is 0.463. The van der Waals surface area contributed by atoms with Crippen LogP contribution in [-0.2, 0) is 19.1 Å². The van der Waals surface area contributed by atoms with Crippen molar-refractivity contribution in [3.05, 3.63) is 48.6 Å². The van der Waals surface area contributed by atoms with E-state index in [0.29, 0.717) is 25.4 Å². The minimum atomic E-state index is -1.30. The molecule has 1 aliphatic carbocycles. The molecular formula is C34H45N3O6. The van der Waals surface area contributed by atoms with Gasteiger partial charge in [0.05, 0.1) is 37.2 Å². The lowest BCUT2D eigenvalue weighted by atomic mass is 9.77. The standard InChI is InChI=1S/C34H45N3O6/c1-4-22(3)26(21-38)37-30-33(41)36(23-11-7-6-8-12-23)20-10-18-34(30)29(32(37)40)28-27(43-34)13-9-19-35(31(28)39)24-14-16-25(17-15-24)42-5-2/h9-10,13-18,22-23,26-30,38H,4-8,11-12,19-21H2,1-3H3/t22-,26-,27+,28-,29-,30?,34-/m0/s1. The zero-order chi connectivity index (χ0) is 30.3. The predicted molar refractivity (Wildman–Crippen MR) is 162 cm³/mol. The fraction of sp³-hybridized carbons (Fsp3) is 0.618. The van der Waals surface area contributed by atoms with Crippen molar-refractivity contribution >= 4 is 23.4 Å². The third-order valence-electron chi connectivity index (χ3n) is 10.4. The molecule has 3 fully saturated rings. The van der Waals surface area contributed by atoms with Crippen LogP contribution in [0.15, 0.2) is 48.6 Å². The van der Waals surface area contributed by atoms with Crippen molar-refractivity contribution in [2.75, 3.05) is 31.2 Å². The fourth-order valence-electron chi connectivity index (χ4n) is 8.11. The van der Waals surface area contributed by atoms with Gasteiger partial charge in [-0.25, -0.2) is 0 Å². The maximum atomic E-state index is 14.7. The van der Waals surface area contributed by atoms with E-state index in [1.54, 1.807) is 9.80 Å². The summed E-state index contributed by atoms with van der Waals surface area (Å²) in [7, 11) is 0. The molecule has 4 heterocycles. The van der Waals surface area contributed by atoms with Gasteiger partial charge in [-0.3, -0.25) is 14.4 Å². The van der Waals surface area contributed by atoms with Gasteiger partial charge in [-0.05, 0) is 49.9 Å². The zero-order valence-electron chi connectivity index (χ0n) is 25.6. The number of anilines is 1. The molecule has 0 bridgehead atoms. The number of amides is 3. The van der Waals surface area contributed by atoms with Gasteiger partial charge in [0, 0.05) is 24.8 Å².